The molecule has 1 aromatic carbocycles. The Hall–Kier alpha value is -2.12. The second-order valence-corrected chi connectivity index (χ2v) is 29.1. The fourth-order valence-electron chi connectivity index (χ4n) is 14.1. The Morgan fingerprint density at radius 2 is 0.780 bits per heavy atom. The van der Waals surface area contributed by atoms with Crippen LogP contribution in [0, 0.1) is 23.7 Å². The summed E-state index contributed by atoms with van der Waals surface area (Å²) in [4.78, 5) is 0. The van der Waals surface area contributed by atoms with E-state index in [1.54, 1.807) is 21.0 Å². The minimum Gasteiger partial charge on any atom is -0.394 e. The predicted octanol–water partition coefficient (Wildman–Crippen LogP) is -1.10. The number of aryl methyl sites for hydroxylation is 1. The quantitative estimate of drug-likeness (QED) is 0.0298. The molecular weight excluding hydrogens is 1370 g/mol. The predicted molar refractivity (Wildman–Crippen MR) is 343 cm³/mol. The van der Waals surface area contributed by atoms with Crippen LogP contribution in [-0.4, -0.2) is 301 Å². The Morgan fingerprint density at radius 3 is 1.15 bits per heavy atom. The summed E-state index contributed by atoms with van der Waals surface area (Å²) in [6, 6.07) is 7.15. The number of nitrogens with two attached hydrogens (primary N) is 4. The number of aliphatic hydroxyl groups is 3. The molecule has 8 aliphatic heterocycles. The van der Waals surface area contributed by atoms with E-state index in [1.807, 2.05) is 32.0 Å². The second-order valence-electron chi connectivity index (χ2n) is 27.0. The fourth-order valence-corrected chi connectivity index (χ4v) is 14.7. The Morgan fingerprint density at radius 1 is 0.440 bits per heavy atom. The van der Waals surface area contributed by atoms with Crippen molar-refractivity contribution in [1.82, 2.24) is 0 Å². The number of aliphatic hydroxyl groups excluding tert-OH is 3. The van der Waals surface area contributed by atoms with Gasteiger partial charge in [0.1, 0.15) is 48.8 Å². The number of hydrogen-bond donors (Lipinski definition) is 9. The van der Waals surface area contributed by atoms with Crippen LogP contribution < -0.4 is 22.9 Å². The van der Waals surface area contributed by atoms with Crippen molar-refractivity contribution < 1.29 is 144 Å². The molecule has 8 fully saturated rings. The van der Waals surface area contributed by atoms with Crippen molar-refractivity contribution in [3.8, 4) is 0 Å². The van der Waals surface area contributed by atoms with Gasteiger partial charge in [-0.1, -0.05) is 64.4 Å². The SMILES string of the molecule is COC1C[C@H](O[C@@H]2C(COS(=O)(=O)O)O[C@@H](O[C@H]3CO[C@@H](O[C@@H]4C(COS(=O)(=O)O)O[C@@H](O[C@H]5CO[C@@H](O[C@@H]6C(CO)O[C@H](O[C@H]7CO[C@@H](O[C@@H]8C(CO)O[C@@H](OCCCCCc9ccccc9)C(N)[C@H]8C)CC7OC)C(N)[C@H]6C)CC5OC)C(N)[C@H]4C)CC3OC)C(N)[C@H]2C)OC[C@H]1O. The summed E-state index contributed by atoms with van der Waals surface area (Å²) < 4.78 is 200. The molecular formula is C63H108N4O31S2. The van der Waals surface area contributed by atoms with E-state index >= 15 is 0 Å². The third-order valence-corrected chi connectivity index (χ3v) is 21.2. The van der Waals surface area contributed by atoms with Crippen LogP contribution in [0.2, 0.25) is 0 Å². The van der Waals surface area contributed by atoms with E-state index in [0.29, 0.717) is 6.61 Å². The number of unbranched alkanes of at least 4 members (excludes halogenated alkanes) is 2. The maximum absolute atomic E-state index is 12.0. The summed E-state index contributed by atoms with van der Waals surface area (Å²) in [5.41, 5.74) is 28.4. The van der Waals surface area contributed by atoms with E-state index in [1.165, 1.54) is 26.9 Å². The molecule has 35 nitrogen and oxygen atoms in total. The van der Waals surface area contributed by atoms with Crippen LogP contribution in [0.25, 0.3) is 0 Å². The first-order chi connectivity index (χ1) is 47.7. The lowest BCUT2D eigenvalue weighted by atomic mass is 9.88. The smallest absolute Gasteiger partial charge is 0.394 e. The number of methoxy groups -OCH3 is 4. The maximum Gasteiger partial charge on any atom is 0.397 e. The highest BCUT2D eigenvalue weighted by Gasteiger charge is 2.53. The van der Waals surface area contributed by atoms with Crippen molar-refractivity contribution in [2.24, 2.45) is 46.6 Å². The summed E-state index contributed by atoms with van der Waals surface area (Å²) in [7, 11) is -4.06. The van der Waals surface area contributed by atoms with Crippen molar-refractivity contribution >= 4 is 20.8 Å². The topological polar surface area (TPSA) is 477 Å². The van der Waals surface area contributed by atoms with Crippen LogP contribution in [0.15, 0.2) is 30.3 Å². The number of rotatable bonds is 33. The van der Waals surface area contributed by atoms with Gasteiger partial charge >= 0.3 is 20.8 Å². The third-order valence-electron chi connectivity index (χ3n) is 20.4. The Labute approximate surface area is 584 Å². The van der Waals surface area contributed by atoms with Crippen LogP contribution in [-0.2, 0) is 130 Å². The van der Waals surface area contributed by atoms with Crippen LogP contribution in [0.5, 0.6) is 0 Å². The zero-order valence-electron chi connectivity index (χ0n) is 57.9. The molecule has 37 heteroatoms. The molecule has 0 aliphatic carbocycles. The van der Waals surface area contributed by atoms with Gasteiger partial charge in [0, 0.05) is 84.4 Å². The van der Waals surface area contributed by atoms with Gasteiger partial charge < -0.3 is 133 Å². The average Bonchev–Trinajstić information content (AvgIpc) is 0.799. The highest BCUT2D eigenvalue weighted by Crippen LogP contribution is 2.39. The molecule has 12 unspecified atom stereocenters. The first-order valence-electron chi connectivity index (χ1n) is 34.3. The van der Waals surface area contributed by atoms with Crippen LogP contribution >= 0.6 is 0 Å². The van der Waals surface area contributed by atoms with Gasteiger partial charge in [0.05, 0.1) is 126 Å². The zero-order chi connectivity index (χ0) is 72.2. The summed E-state index contributed by atoms with van der Waals surface area (Å²) in [5, 5.41) is 31.5. The lowest BCUT2D eigenvalue weighted by Gasteiger charge is -2.49. The molecule has 0 amide bonds. The van der Waals surface area contributed by atoms with Crippen LogP contribution in [0.1, 0.15) is 78.2 Å². The van der Waals surface area contributed by atoms with Crippen molar-refractivity contribution in [1.29, 1.82) is 0 Å². The number of benzene rings is 1. The van der Waals surface area contributed by atoms with Crippen molar-refractivity contribution in [2.75, 3.05) is 87.9 Å². The molecule has 8 aliphatic rings. The molecule has 8 saturated heterocycles. The summed E-state index contributed by atoms with van der Waals surface area (Å²) in [5.74, 6) is -2.05. The van der Waals surface area contributed by atoms with Gasteiger partial charge in [0.25, 0.3) is 0 Å². The molecule has 0 aromatic heterocycles. The van der Waals surface area contributed by atoms with Gasteiger partial charge in [0.15, 0.2) is 50.3 Å². The minimum atomic E-state index is -5.01. The summed E-state index contributed by atoms with van der Waals surface area (Å²) >= 11 is 0. The normalized spacial score (nSPS) is 43.3. The van der Waals surface area contributed by atoms with Crippen molar-refractivity contribution in [3.63, 3.8) is 0 Å². The molecule has 13 N–H and O–H groups in total. The van der Waals surface area contributed by atoms with E-state index in [-0.39, 0.29) is 64.6 Å². The Balaban J connectivity index is 0.740. The summed E-state index contributed by atoms with van der Waals surface area (Å²) in [6.45, 7) is 5.08. The lowest BCUT2D eigenvalue weighted by molar-refractivity contribution is -0.345. The monoisotopic (exact) mass is 1480 g/mol. The van der Waals surface area contributed by atoms with Gasteiger partial charge in [-0.3, -0.25) is 9.11 Å². The maximum atomic E-state index is 12.0. The van der Waals surface area contributed by atoms with E-state index in [2.05, 4.69) is 12.1 Å². The highest BCUT2D eigenvalue weighted by atomic mass is 32.3. The number of hydrogen-bond acceptors (Lipinski definition) is 33. The van der Waals surface area contributed by atoms with E-state index in [9.17, 15) is 41.3 Å². The van der Waals surface area contributed by atoms with Gasteiger partial charge in [-0.15, -0.1) is 0 Å². The Bertz CT molecular complexity index is 2800. The third kappa shape index (κ3) is 21.8. The standard InChI is InChI=1S/C63H108N4O31S2/c1-31-52(64)60(81-18-14-10-13-17-35-15-11-9-12-16-35)88-41(23-68)56(31)95-49-20-38(78-6)43(26-83-49)90-61-53(65)32(2)57(42(24-69)89-61)96-50-21-39(79-7)44(27-84-50)91-63-55(67)34(4)59(47(94-63)30-87-100(74,75)76)98-51-22-40(80-8)45(28-85-51)92-62-54(66)33(3)58(46(93-62)29-86-99(71,72)73)97-48-19-37(77-5)36(70)25-82-48/h9,11-12,15-16,31-34,36-63,68-70H,10,13-14,17-30,64-67H2,1-8H3,(H,71,72,73)(H,74,75,76)/t31-,32-,33-,34-,36-,37?,38?,39?,40?,41?,42?,43+,44+,45+,46?,47?,48+,49+,50+,51+,52?,53?,54?,55?,56+,57+,58+,59+,60-,61-,62-,63-/m1/s1. The summed E-state index contributed by atoms with van der Waals surface area (Å²) in [6.07, 6.45) is -17.1. The molecule has 0 radical (unpaired) electrons. The molecule has 9 rings (SSSR count). The molecule has 578 valence electrons. The molecule has 0 bridgehead atoms. The largest absolute Gasteiger partial charge is 0.397 e. The minimum absolute atomic E-state index is 0.0111. The van der Waals surface area contributed by atoms with Gasteiger partial charge in [0.2, 0.25) is 0 Å². The molecule has 100 heavy (non-hydrogen) atoms. The van der Waals surface area contributed by atoms with E-state index in [0.717, 1.165) is 25.7 Å². The molecule has 1 aromatic rings. The van der Waals surface area contributed by atoms with Gasteiger partial charge in [-0.2, -0.15) is 16.8 Å². The molecule has 0 saturated carbocycles. The molecule has 8 heterocycles. The van der Waals surface area contributed by atoms with Crippen molar-refractivity contribution in [2.45, 2.75) is 251 Å². The lowest BCUT2D eigenvalue weighted by Crippen LogP contribution is -2.63. The van der Waals surface area contributed by atoms with E-state index in [4.69, 9.17) is 126 Å². The van der Waals surface area contributed by atoms with Crippen LogP contribution in [0.3, 0.4) is 0 Å². The van der Waals surface area contributed by atoms with Crippen LogP contribution in [0.4, 0.5) is 0 Å². The van der Waals surface area contributed by atoms with E-state index < -0.39 is 231 Å². The highest BCUT2D eigenvalue weighted by molar-refractivity contribution is 7.81. The first kappa shape index (κ1) is 81.9. The molecule has 32 atom stereocenters. The first-order valence-corrected chi connectivity index (χ1v) is 37.1. The second kappa shape index (κ2) is 38.1. The Kier molecular flexibility index (Phi) is 31.2. The number of ether oxygens (including phenoxy) is 20. The average molecular weight is 1480 g/mol. The van der Waals surface area contributed by atoms with Crippen molar-refractivity contribution in [3.05, 3.63) is 35.9 Å². The molecule has 0 spiro atoms. The zero-order valence-corrected chi connectivity index (χ0v) is 59.5. The fraction of sp³-hybridized carbons (Fsp3) is 0.905. The van der Waals surface area contributed by atoms with Gasteiger partial charge in [-0.25, -0.2) is 8.37 Å². The van der Waals surface area contributed by atoms with Gasteiger partial charge in [-0.05, 0) is 24.8 Å².